The summed E-state index contributed by atoms with van der Waals surface area (Å²) in [6, 6.07) is 8.60. The average Bonchev–Trinajstić information content (AvgIpc) is 3.51. The highest BCUT2D eigenvalue weighted by molar-refractivity contribution is 7.17. The van der Waals surface area contributed by atoms with Crippen molar-refractivity contribution in [3.8, 4) is 23.0 Å². The van der Waals surface area contributed by atoms with Crippen LogP contribution in [0.25, 0.3) is 5.76 Å². The number of ketones is 1. The molecule has 1 N–H and O–H groups in total. The van der Waals surface area contributed by atoms with Gasteiger partial charge >= 0.3 is 11.9 Å². The highest BCUT2D eigenvalue weighted by atomic mass is 32.1. The third kappa shape index (κ3) is 5.16. The summed E-state index contributed by atoms with van der Waals surface area (Å²) in [6.45, 7) is 8.35. The van der Waals surface area contributed by atoms with E-state index >= 15 is 0 Å². The number of carbonyl (C=O) groups excluding carboxylic acids is 3. The van der Waals surface area contributed by atoms with Gasteiger partial charge in [-0.1, -0.05) is 30.1 Å². The van der Waals surface area contributed by atoms with E-state index in [2.05, 4.69) is 11.6 Å². The van der Waals surface area contributed by atoms with E-state index in [1.165, 1.54) is 12.0 Å². The Hall–Kier alpha value is -4.84. The second-order valence-electron chi connectivity index (χ2n) is 9.17. The lowest BCUT2D eigenvalue weighted by Gasteiger charge is -2.24. The molecule has 3 aromatic rings. The van der Waals surface area contributed by atoms with Crippen LogP contribution < -0.4 is 23.8 Å². The van der Waals surface area contributed by atoms with Crippen LogP contribution in [-0.4, -0.2) is 61.3 Å². The van der Waals surface area contributed by atoms with Crippen LogP contribution in [0.4, 0.5) is 5.13 Å². The number of methoxy groups -OCH3 is 1. The zero-order valence-corrected chi connectivity index (χ0v) is 24.0. The number of aliphatic hydroxyl groups excluding tert-OH is 1. The SMILES string of the molecule is C=CCOc1ccc(C2/C(=C(/O)c3ccc4c(c3)OCCO4)C(=O)C(=O)N2c2nc(C)c(C(=O)OC)s2)cc1OCC. The van der Waals surface area contributed by atoms with Gasteiger partial charge < -0.3 is 28.8 Å². The maximum atomic E-state index is 13.6. The number of nitrogens with zero attached hydrogens (tertiary/aromatic N) is 2. The van der Waals surface area contributed by atoms with Crippen LogP contribution in [0.15, 0.2) is 54.6 Å². The normalized spacial score (nSPS) is 17.2. The van der Waals surface area contributed by atoms with E-state index in [0.29, 0.717) is 54.1 Å². The zero-order chi connectivity index (χ0) is 30.0. The van der Waals surface area contributed by atoms with Crippen LogP contribution in [0, 0.1) is 6.92 Å². The maximum absolute atomic E-state index is 13.6. The number of rotatable bonds is 9. The fourth-order valence-electron chi connectivity index (χ4n) is 4.69. The van der Waals surface area contributed by atoms with Crippen molar-refractivity contribution >= 4 is 39.9 Å². The Labute approximate surface area is 245 Å². The lowest BCUT2D eigenvalue weighted by atomic mass is 9.95. The first-order valence-electron chi connectivity index (χ1n) is 13.1. The number of hydrogen-bond acceptors (Lipinski definition) is 11. The van der Waals surface area contributed by atoms with Crippen LogP contribution in [0.1, 0.15) is 39.5 Å². The van der Waals surface area contributed by atoms with Gasteiger partial charge in [-0.05, 0) is 49.7 Å². The molecule has 2 aromatic carbocycles. The molecule has 1 unspecified atom stereocenters. The lowest BCUT2D eigenvalue weighted by molar-refractivity contribution is -0.132. The van der Waals surface area contributed by atoms with Gasteiger partial charge in [-0.3, -0.25) is 14.5 Å². The molecule has 42 heavy (non-hydrogen) atoms. The number of thiazole rings is 1. The number of esters is 1. The number of fused-ring (bicyclic) bond motifs is 1. The molecule has 0 spiro atoms. The van der Waals surface area contributed by atoms with Crippen molar-refractivity contribution in [3.63, 3.8) is 0 Å². The standard InChI is InChI=1S/C30H28N2O9S/c1-5-11-39-19-9-7-17(14-21(19)38-6-2)24-23(25(33)18-8-10-20-22(15-18)41-13-12-40-20)26(34)28(35)32(24)30-31-16(3)27(42-30)29(36)37-4/h5,7-10,14-15,24,33H,1,6,11-13H2,2-4H3/b25-23-. The number of hydrogen-bond donors (Lipinski definition) is 1. The predicted molar refractivity (Wildman–Crippen MR) is 154 cm³/mol. The largest absolute Gasteiger partial charge is 0.507 e. The smallest absolute Gasteiger partial charge is 0.350 e. The highest BCUT2D eigenvalue weighted by Crippen LogP contribution is 2.46. The van der Waals surface area contributed by atoms with Gasteiger partial charge in [-0.2, -0.15) is 0 Å². The molecule has 1 saturated heterocycles. The van der Waals surface area contributed by atoms with E-state index in [9.17, 15) is 19.5 Å². The molecular weight excluding hydrogens is 564 g/mol. The summed E-state index contributed by atoms with van der Waals surface area (Å²) in [6.07, 6.45) is 1.59. The van der Waals surface area contributed by atoms with Gasteiger partial charge in [0, 0.05) is 5.56 Å². The van der Waals surface area contributed by atoms with Gasteiger partial charge in [-0.15, -0.1) is 0 Å². The quantitative estimate of drug-likeness (QED) is 0.124. The summed E-state index contributed by atoms with van der Waals surface area (Å²) >= 11 is 0.910. The molecule has 0 saturated carbocycles. The Bertz CT molecular complexity index is 1610. The number of amides is 1. The number of carbonyl (C=O) groups is 3. The summed E-state index contributed by atoms with van der Waals surface area (Å²) < 4.78 is 27.6. The summed E-state index contributed by atoms with van der Waals surface area (Å²) in [5.41, 5.74) is 0.850. The third-order valence-corrected chi connectivity index (χ3v) is 7.70. The lowest BCUT2D eigenvalue weighted by Crippen LogP contribution is -2.29. The molecule has 12 heteroatoms. The Kier molecular flexibility index (Phi) is 8.16. The molecule has 3 heterocycles. The number of aromatic nitrogens is 1. The van der Waals surface area contributed by atoms with Crippen molar-refractivity contribution in [2.24, 2.45) is 0 Å². The van der Waals surface area contributed by atoms with Crippen LogP contribution in [-0.2, 0) is 14.3 Å². The third-order valence-electron chi connectivity index (χ3n) is 6.56. The molecule has 0 aliphatic carbocycles. The van der Waals surface area contributed by atoms with Crippen LogP contribution in [0.3, 0.4) is 0 Å². The van der Waals surface area contributed by atoms with E-state index in [4.69, 9.17) is 23.7 Å². The first-order valence-corrected chi connectivity index (χ1v) is 13.9. The minimum Gasteiger partial charge on any atom is -0.507 e. The van der Waals surface area contributed by atoms with E-state index in [1.54, 1.807) is 49.4 Å². The summed E-state index contributed by atoms with van der Waals surface area (Å²) in [5, 5.41) is 11.7. The maximum Gasteiger partial charge on any atom is 0.350 e. The Morgan fingerprint density at radius 1 is 1.14 bits per heavy atom. The summed E-state index contributed by atoms with van der Waals surface area (Å²) in [5.74, 6) is -1.18. The first kappa shape index (κ1) is 28.7. The van der Waals surface area contributed by atoms with E-state index in [1.807, 2.05) is 6.92 Å². The van der Waals surface area contributed by atoms with Crippen molar-refractivity contribution in [1.29, 1.82) is 0 Å². The van der Waals surface area contributed by atoms with Gasteiger partial charge in [0.05, 0.1) is 31.0 Å². The van der Waals surface area contributed by atoms with Crippen LogP contribution in [0.2, 0.25) is 0 Å². The van der Waals surface area contributed by atoms with Crippen LogP contribution >= 0.6 is 11.3 Å². The molecule has 1 atom stereocenters. The van der Waals surface area contributed by atoms with Gasteiger partial charge in [-0.25, -0.2) is 9.78 Å². The molecule has 11 nitrogen and oxygen atoms in total. The van der Waals surface area contributed by atoms with Crippen LogP contribution in [0.5, 0.6) is 23.0 Å². The highest BCUT2D eigenvalue weighted by Gasteiger charge is 2.48. The minimum atomic E-state index is -1.12. The number of anilines is 1. The molecule has 2 aliphatic heterocycles. The summed E-state index contributed by atoms with van der Waals surface area (Å²) in [4.78, 5) is 45.4. The Morgan fingerprint density at radius 2 is 1.90 bits per heavy atom. The van der Waals surface area contributed by atoms with Gasteiger partial charge in [0.15, 0.2) is 28.1 Å². The van der Waals surface area contributed by atoms with E-state index in [-0.39, 0.29) is 27.8 Å². The molecular formula is C30H28N2O9S. The topological polar surface area (TPSA) is 134 Å². The number of ether oxygens (including phenoxy) is 5. The molecule has 0 bridgehead atoms. The number of aliphatic hydroxyl groups is 1. The Morgan fingerprint density at radius 3 is 2.62 bits per heavy atom. The van der Waals surface area contributed by atoms with Crippen molar-refractivity contribution in [3.05, 3.63) is 76.3 Å². The minimum absolute atomic E-state index is 0.0890. The van der Waals surface area contributed by atoms with Gasteiger partial charge in [0.25, 0.3) is 5.78 Å². The number of benzene rings is 2. The Balaban J connectivity index is 1.70. The summed E-state index contributed by atoms with van der Waals surface area (Å²) in [7, 11) is 1.24. The molecule has 0 radical (unpaired) electrons. The van der Waals surface area contributed by atoms with E-state index < -0.39 is 29.5 Å². The number of Topliss-reactive ketones (excluding diaryl/α,β-unsaturated/α-hetero) is 1. The first-order chi connectivity index (χ1) is 20.3. The number of aryl methyl sites for hydroxylation is 1. The van der Waals surface area contributed by atoms with Crippen molar-refractivity contribution in [1.82, 2.24) is 4.98 Å². The average molecular weight is 593 g/mol. The molecule has 218 valence electrons. The molecule has 1 amide bonds. The van der Waals surface area contributed by atoms with Gasteiger partial charge in [0.1, 0.15) is 30.5 Å². The second kappa shape index (κ2) is 12.0. The predicted octanol–water partition coefficient (Wildman–Crippen LogP) is 4.60. The van der Waals surface area contributed by atoms with Crippen molar-refractivity contribution in [2.75, 3.05) is 38.4 Å². The second-order valence-corrected chi connectivity index (χ2v) is 10.1. The fourth-order valence-corrected chi connectivity index (χ4v) is 5.70. The van der Waals surface area contributed by atoms with E-state index in [0.717, 1.165) is 11.3 Å². The monoisotopic (exact) mass is 592 g/mol. The van der Waals surface area contributed by atoms with Crippen molar-refractivity contribution < 1.29 is 43.2 Å². The molecule has 5 rings (SSSR count). The van der Waals surface area contributed by atoms with Gasteiger partial charge in [0.2, 0.25) is 0 Å². The molecule has 2 aliphatic rings. The van der Waals surface area contributed by atoms with Crippen molar-refractivity contribution in [2.45, 2.75) is 19.9 Å². The molecule has 1 fully saturated rings. The fraction of sp³-hybridized carbons (Fsp3) is 0.267. The zero-order valence-electron chi connectivity index (χ0n) is 23.2. The molecule has 1 aromatic heterocycles.